The van der Waals surface area contributed by atoms with E-state index in [1.54, 1.807) is 28.9 Å². The fraction of sp³-hybridized carbons (Fsp3) is 0.200. The van der Waals surface area contributed by atoms with Crippen LogP contribution >= 0.6 is 11.8 Å². The first-order valence-electron chi connectivity index (χ1n) is 8.56. The average molecular weight is 364 g/mol. The van der Waals surface area contributed by atoms with Crippen LogP contribution in [0.15, 0.2) is 65.4 Å². The van der Waals surface area contributed by atoms with Crippen molar-refractivity contribution in [1.29, 1.82) is 0 Å². The van der Waals surface area contributed by atoms with Crippen molar-refractivity contribution in [3.8, 4) is 0 Å². The first-order chi connectivity index (χ1) is 12.7. The van der Waals surface area contributed by atoms with Gasteiger partial charge in [-0.1, -0.05) is 36.0 Å². The zero-order valence-corrected chi connectivity index (χ0v) is 15.1. The highest BCUT2D eigenvalue weighted by molar-refractivity contribution is 8.15. The third kappa shape index (κ3) is 2.61. The number of anilines is 1. The lowest BCUT2D eigenvalue weighted by Crippen LogP contribution is -2.15. The molecule has 6 heteroatoms. The number of rotatable bonds is 3. The minimum absolute atomic E-state index is 0.233. The van der Waals surface area contributed by atoms with Gasteiger partial charge in [0.25, 0.3) is 0 Å². The summed E-state index contributed by atoms with van der Waals surface area (Å²) in [5.41, 5.74) is 4.18. The molecule has 4 nitrogen and oxygen atoms in total. The normalized spacial score (nSPS) is 19.0. The summed E-state index contributed by atoms with van der Waals surface area (Å²) in [5, 5.41) is 13.2. The molecule has 3 aromatic rings. The number of benzene rings is 2. The van der Waals surface area contributed by atoms with Gasteiger partial charge < -0.3 is 0 Å². The topological polar surface area (TPSA) is 33.4 Å². The molecular formula is C20H17FN4S. The van der Waals surface area contributed by atoms with Crippen molar-refractivity contribution in [2.75, 3.05) is 11.6 Å². The average Bonchev–Trinajstić information content (AvgIpc) is 3.29. The second-order valence-electron chi connectivity index (χ2n) is 6.63. The van der Waals surface area contributed by atoms with E-state index < -0.39 is 0 Å². The number of thioether (sulfide) groups is 1. The fourth-order valence-corrected chi connectivity index (χ4v) is 4.76. The molecule has 5 rings (SSSR count). The summed E-state index contributed by atoms with van der Waals surface area (Å²) in [4.78, 5) is 0. The molecule has 1 atom stereocenters. The van der Waals surface area contributed by atoms with Crippen LogP contribution in [0.1, 0.15) is 5.56 Å². The van der Waals surface area contributed by atoms with Gasteiger partial charge in [-0.25, -0.2) is 4.39 Å². The Morgan fingerprint density at radius 3 is 2.96 bits per heavy atom. The Balaban J connectivity index is 1.32. The van der Waals surface area contributed by atoms with E-state index in [-0.39, 0.29) is 5.82 Å². The zero-order valence-electron chi connectivity index (χ0n) is 14.3. The Hall–Kier alpha value is -2.60. The van der Waals surface area contributed by atoms with Crippen molar-refractivity contribution in [3.05, 3.63) is 71.7 Å². The van der Waals surface area contributed by atoms with Gasteiger partial charge in [-0.15, -0.1) is 0 Å². The van der Waals surface area contributed by atoms with Crippen molar-refractivity contribution in [2.24, 2.45) is 12.1 Å². The summed E-state index contributed by atoms with van der Waals surface area (Å²) in [5.74, 6) is -0.233. The van der Waals surface area contributed by atoms with E-state index in [0.29, 0.717) is 17.5 Å². The van der Waals surface area contributed by atoms with Gasteiger partial charge in [-0.2, -0.15) is 10.2 Å². The quantitative estimate of drug-likeness (QED) is 0.701. The number of nitrogens with zero attached hydrogens (tertiary/aromatic N) is 4. The van der Waals surface area contributed by atoms with Gasteiger partial charge in [0.05, 0.1) is 23.9 Å². The maximum Gasteiger partial charge on any atom is 0.148 e. The number of aryl methyl sites for hydroxylation is 1. The van der Waals surface area contributed by atoms with Gasteiger partial charge in [0.1, 0.15) is 10.9 Å². The van der Waals surface area contributed by atoms with Gasteiger partial charge in [0.15, 0.2) is 0 Å². The van der Waals surface area contributed by atoms with E-state index in [0.717, 1.165) is 17.0 Å². The van der Waals surface area contributed by atoms with Gasteiger partial charge in [0, 0.05) is 23.3 Å². The highest BCUT2D eigenvalue weighted by atomic mass is 32.2. The van der Waals surface area contributed by atoms with Crippen LogP contribution in [-0.4, -0.2) is 26.6 Å². The van der Waals surface area contributed by atoms with E-state index in [1.807, 2.05) is 24.0 Å². The van der Waals surface area contributed by atoms with E-state index in [9.17, 15) is 4.39 Å². The van der Waals surface area contributed by atoms with E-state index in [4.69, 9.17) is 0 Å². The maximum absolute atomic E-state index is 14.0. The monoisotopic (exact) mass is 364 g/mol. The summed E-state index contributed by atoms with van der Waals surface area (Å²) in [6.45, 7) is 0.640. The Kier molecular flexibility index (Phi) is 3.60. The molecule has 2 aliphatic heterocycles. The molecule has 0 N–H and O–H groups in total. The minimum atomic E-state index is -0.233. The number of hydrazone groups is 1. The molecule has 0 saturated heterocycles. The van der Waals surface area contributed by atoms with Crippen molar-refractivity contribution >= 4 is 33.4 Å². The number of hydrogen-bond donors (Lipinski definition) is 0. The van der Waals surface area contributed by atoms with Crippen LogP contribution in [0.2, 0.25) is 0 Å². The maximum atomic E-state index is 14.0. The van der Waals surface area contributed by atoms with E-state index in [2.05, 4.69) is 34.5 Å². The standard InChI is InChI=1S/C20H17FN4S/c1-24-18-7-6-13(8-14(18)11-22-24)9-16-10-15-12-25(23-20(15)26-16)19-5-3-2-4-17(19)21/h2-8,10-11,16H,9,12H2,1H3. The molecule has 2 aliphatic rings. The SMILES string of the molecule is Cn1ncc2cc(CC3C=C4CN(c5ccccc5F)N=C4S3)ccc21. The number of hydrogen-bond acceptors (Lipinski definition) is 4. The van der Waals surface area contributed by atoms with Crippen LogP contribution in [0, 0.1) is 5.82 Å². The highest BCUT2D eigenvalue weighted by Crippen LogP contribution is 2.37. The van der Waals surface area contributed by atoms with Crippen LogP contribution in [0.4, 0.5) is 10.1 Å². The first-order valence-corrected chi connectivity index (χ1v) is 9.44. The van der Waals surface area contributed by atoms with Gasteiger partial charge >= 0.3 is 0 Å². The number of aromatic nitrogens is 2. The lowest BCUT2D eigenvalue weighted by Gasteiger charge is -2.15. The molecule has 3 heterocycles. The predicted molar refractivity (Wildman–Crippen MR) is 105 cm³/mol. The molecule has 26 heavy (non-hydrogen) atoms. The molecule has 0 radical (unpaired) electrons. The molecule has 0 aliphatic carbocycles. The number of fused-ring (bicyclic) bond motifs is 2. The third-order valence-electron chi connectivity index (χ3n) is 4.83. The molecular weight excluding hydrogens is 347 g/mol. The molecule has 1 unspecified atom stereocenters. The summed E-state index contributed by atoms with van der Waals surface area (Å²) in [6, 6.07) is 13.3. The summed E-state index contributed by atoms with van der Waals surface area (Å²) in [6.07, 6.45) is 5.14. The summed E-state index contributed by atoms with van der Waals surface area (Å²) in [7, 11) is 1.96. The minimum Gasteiger partial charge on any atom is -0.268 e. The Morgan fingerprint density at radius 2 is 2.12 bits per heavy atom. The molecule has 0 fully saturated rings. The van der Waals surface area contributed by atoms with Gasteiger partial charge in [-0.3, -0.25) is 9.69 Å². The van der Waals surface area contributed by atoms with Crippen LogP contribution < -0.4 is 5.01 Å². The van der Waals surface area contributed by atoms with Crippen LogP contribution in [0.25, 0.3) is 10.9 Å². The second kappa shape index (κ2) is 5.99. The molecule has 0 amide bonds. The molecule has 0 bridgehead atoms. The second-order valence-corrected chi connectivity index (χ2v) is 7.86. The molecule has 0 saturated carbocycles. The zero-order chi connectivity index (χ0) is 17.7. The third-order valence-corrected chi connectivity index (χ3v) is 6.01. The van der Waals surface area contributed by atoms with Crippen molar-refractivity contribution < 1.29 is 4.39 Å². The Bertz CT molecular complexity index is 1070. The van der Waals surface area contributed by atoms with Crippen LogP contribution in [0.5, 0.6) is 0 Å². The van der Waals surface area contributed by atoms with E-state index in [1.165, 1.54) is 22.6 Å². The molecule has 1 aromatic heterocycles. The van der Waals surface area contributed by atoms with Crippen LogP contribution in [-0.2, 0) is 13.5 Å². The smallest absolute Gasteiger partial charge is 0.148 e. The van der Waals surface area contributed by atoms with Gasteiger partial charge in [0.2, 0.25) is 0 Å². The molecule has 130 valence electrons. The molecule has 2 aromatic carbocycles. The van der Waals surface area contributed by atoms with Crippen LogP contribution in [0.3, 0.4) is 0 Å². The number of halogens is 1. The summed E-state index contributed by atoms with van der Waals surface area (Å²) < 4.78 is 15.9. The van der Waals surface area contributed by atoms with E-state index >= 15 is 0 Å². The number of para-hydroxylation sites is 1. The largest absolute Gasteiger partial charge is 0.268 e. The summed E-state index contributed by atoms with van der Waals surface area (Å²) >= 11 is 1.76. The van der Waals surface area contributed by atoms with Crippen molar-refractivity contribution in [3.63, 3.8) is 0 Å². The van der Waals surface area contributed by atoms with Gasteiger partial charge in [-0.05, 0) is 36.2 Å². The van der Waals surface area contributed by atoms with Crippen molar-refractivity contribution in [2.45, 2.75) is 11.7 Å². The first kappa shape index (κ1) is 15.6. The lowest BCUT2D eigenvalue weighted by atomic mass is 10.1. The fourth-order valence-electron chi connectivity index (χ4n) is 3.54. The Morgan fingerprint density at radius 1 is 1.23 bits per heavy atom. The predicted octanol–water partition coefficient (Wildman–Crippen LogP) is 4.13. The highest BCUT2D eigenvalue weighted by Gasteiger charge is 2.31. The lowest BCUT2D eigenvalue weighted by molar-refractivity contribution is 0.623. The Labute approximate surface area is 155 Å². The van der Waals surface area contributed by atoms with Crippen molar-refractivity contribution in [1.82, 2.24) is 9.78 Å². The molecule has 0 spiro atoms.